The van der Waals surface area contributed by atoms with E-state index in [0.717, 1.165) is 5.69 Å². The molecule has 1 fully saturated rings. The van der Waals surface area contributed by atoms with Crippen LogP contribution in [0, 0.1) is 5.92 Å². The molecule has 1 aromatic heterocycles. The summed E-state index contributed by atoms with van der Waals surface area (Å²) in [5.74, 6) is 0.329. The number of hydrogen-bond acceptors (Lipinski definition) is 3. The molecule has 0 bridgehead atoms. The van der Waals surface area contributed by atoms with Gasteiger partial charge in [-0.15, -0.1) is 0 Å². The van der Waals surface area contributed by atoms with Gasteiger partial charge in [-0.25, -0.2) is 0 Å². The molecule has 0 aromatic carbocycles. The Bertz CT molecular complexity index is 523. The smallest absolute Gasteiger partial charge is 0.245 e. The third-order valence-electron chi connectivity index (χ3n) is 3.98. The average Bonchev–Trinajstić information content (AvgIpc) is 2.81. The van der Waals surface area contributed by atoms with E-state index in [9.17, 15) is 9.59 Å². The molecule has 6 nitrogen and oxygen atoms in total. The Morgan fingerprint density at radius 2 is 2.10 bits per heavy atom. The molecule has 1 aromatic rings. The fraction of sp³-hybridized carbons (Fsp3) is 0.667. The number of aromatic nitrogens is 2. The van der Waals surface area contributed by atoms with Crippen LogP contribution in [-0.4, -0.2) is 45.1 Å². The van der Waals surface area contributed by atoms with Gasteiger partial charge in [-0.3, -0.25) is 14.3 Å². The normalized spacial score (nSPS) is 22.8. The van der Waals surface area contributed by atoms with Crippen molar-refractivity contribution in [3.63, 3.8) is 0 Å². The van der Waals surface area contributed by atoms with Crippen LogP contribution in [0.1, 0.15) is 32.9 Å². The molecule has 1 aliphatic heterocycles. The minimum absolute atomic E-state index is 0.0259. The van der Waals surface area contributed by atoms with E-state index in [1.165, 1.54) is 0 Å². The molecule has 0 saturated carbocycles. The second-order valence-corrected chi connectivity index (χ2v) is 6.09. The van der Waals surface area contributed by atoms with Crippen LogP contribution < -0.4 is 5.32 Å². The van der Waals surface area contributed by atoms with E-state index < -0.39 is 6.04 Å². The highest BCUT2D eigenvalue weighted by Gasteiger charge is 2.37. The second kappa shape index (κ2) is 6.28. The zero-order valence-corrected chi connectivity index (χ0v) is 13.2. The minimum atomic E-state index is -0.408. The fourth-order valence-corrected chi connectivity index (χ4v) is 2.70. The molecule has 21 heavy (non-hydrogen) atoms. The van der Waals surface area contributed by atoms with Crippen LogP contribution in [0.15, 0.2) is 12.3 Å². The first-order valence-corrected chi connectivity index (χ1v) is 7.48. The lowest BCUT2D eigenvalue weighted by molar-refractivity contribution is -0.149. The molecule has 1 N–H and O–H groups in total. The standard InChI is InChI=1S/C15H24N4O2/c1-10(2)9-13-15(21)19(11(3)14(20)17-13)8-6-12-5-7-16-18(12)4/h5,7,10-11,13H,6,8-9H2,1-4H3,(H,17,20). The van der Waals surface area contributed by atoms with E-state index in [4.69, 9.17) is 0 Å². The van der Waals surface area contributed by atoms with Gasteiger partial charge in [-0.2, -0.15) is 5.10 Å². The molecule has 2 amide bonds. The number of aryl methyl sites for hydroxylation is 1. The minimum Gasteiger partial charge on any atom is -0.343 e. The van der Waals surface area contributed by atoms with Crippen molar-refractivity contribution in [2.45, 2.75) is 45.7 Å². The van der Waals surface area contributed by atoms with E-state index in [1.807, 2.05) is 13.1 Å². The van der Waals surface area contributed by atoms with Gasteiger partial charge < -0.3 is 10.2 Å². The van der Waals surface area contributed by atoms with Crippen molar-refractivity contribution < 1.29 is 9.59 Å². The van der Waals surface area contributed by atoms with Crippen molar-refractivity contribution in [1.29, 1.82) is 0 Å². The second-order valence-electron chi connectivity index (χ2n) is 6.09. The molecule has 2 heterocycles. The van der Waals surface area contributed by atoms with Crippen molar-refractivity contribution in [3.8, 4) is 0 Å². The first-order valence-electron chi connectivity index (χ1n) is 7.48. The number of carbonyl (C=O) groups is 2. The van der Waals surface area contributed by atoms with Gasteiger partial charge in [0, 0.05) is 31.9 Å². The predicted octanol–water partition coefficient (Wildman–Crippen LogP) is 0.724. The number of hydrogen-bond donors (Lipinski definition) is 1. The van der Waals surface area contributed by atoms with Crippen LogP contribution >= 0.6 is 0 Å². The molecular weight excluding hydrogens is 268 g/mol. The van der Waals surface area contributed by atoms with Gasteiger partial charge >= 0.3 is 0 Å². The largest absolute Gasteiger partial charge is 0.343 e. The predicted molar refractivity (Wildman–Crippen MR) is 79.5 cm³/mol. The molecule has 2 unspecified atom stereocenters. The highest BCUT2D eigenvalue weighted by Crippen LogP contribution is 2.16. The maximum atomic E-state index is 12.6. The van der Waals surface area contributed by atoms with E-state index in [-0.39, 0.29) is 17.9 Å². The molecule has 0 radical (unpaired) electrons. The van der Waals surface area contributed by atoms with Crippen LogP contribution in [0.3, 0.4) is 0 Å². The Balaban J connectivity index is 2.06. The van der Waals surface area contributed by atoms with Crippen molar-refractivity contribution in [1.82, 2.24) is 20.0 Å². The van der Waals surface area contributed by atoms with Crippen molar-refractivity contribution in [2.24, 2.45) is 13.0 Å². The van der Waals surface area contributed by atoms with Gasteiger partial charge in [0.2, 0.25) is 11.8 Å². The first-order chi connectivity index (χ1) is 9.90. The molecular formula is C15H24N4O2. The molecule has 6 heteroatoms. The van der Waals surface area contributed by atoms with Crippen LogP contribution in [0.4, 0.5) is 0 Å². The Kier molecular flexibility index (Phi) is 4.65. The van der Waals surface area contributed by atoms with E-state index in [1.54, 1.807) is 22.7 Å². The quantitative estimate of drug-likeness (QED) is 0.870. The Morgan fingerprint density at radius 3 is 2.67 bits per heavy atom. The zero-order chi connectivity index (χ0) is 15.6. The summed E-state index contributed by atoms with van der Waals surface area (Å²) in [5.41, 5.74) is 1.06. The summed E-state index contributed by atoms with van der Waals surface area (Å²) in [5, 5.41) is 6.96. The fourth-order valence-electron chi connectivity index (χ4n) is 2.70. The summed E-state index contributed by atoms with van der Waals surface area (Å²) < 4.78 is 1.80. The molecule has 1 saturated heterocycles. The van der Waals surface area contributed by atoms with Gasteiger partial charge in [-0.1, -0.05) is 13.8 Å². The van der Waals surface area contributed by atoms with Crippen LogP contribution in [0.5, 0.6) is 0 Å². The number of nitrogens with one attached hydrogen (secondary N) is 1. The summed E-state index contributed by atoms with van der Waals surface area (Å²) in [6, 6.07) is 1.14. The van der Waals surface area contributed by atoms with E-state index >= 15 is 0 Å². The molecule has 116 valence electrons. The Labute approximate surface area is 125 Å². The molecule has 2 rings (SSSR count). The van der Waals surface area contributed by atoms with Crippen molar-refractivity contribution in [3.05, 3.63) is 18.0 Å². The summed E-state index contributed by atoms with van der Waals surface area (Å²) in [6.07, 6.45) is 3.12. The zero-order valence-electron chi connectivity index (χ0n) is 13.2. The van der Waals surface area contributed by atoms with E-state index in [2.05, 4.69) is 24.3 Å². The lowest BCUT2D eigenvalue weighted by Crippen LogP contribution is -2.62. The highest BCUT2D eigenvalue weighted by atomic mass is 16.2. The first kappa shape index (κ1) is 15.5. The maximum absolute atomic E-state index is 12.6. The van der Waals surface area contributed by atoms with E-state index in [0.29, 0.717) is 25.3 Å². The highest BCUT2D eigenvalue weighted by molar-refractivity contribution is 5.96. The SMILES string of the molecule is CC(C)CC1NC(=O)C(C)N(CCc2ccnn2C)C1=O. The number of carbonyl (C=O) groups excluding carboxylic acids is 2. The van der Waals surface area contributed by atoms with Gasteiger partial charge in [0.15, 0.2) is 0 Å². The number of amides is 2. The topological polar surface area (TPSA) is 67.2 Å². The Morgan fingerprint density at radius 1 is 1.38 bits per heavy atom. The lowest BCUT2D eigenvalue weighted by Gasteiger charge is -2.38. The molecule has 0 aliphatic carbocycles. The molecule has 2 atom stereocenters. The van der Waals surface area contributed by atoms with Gasteiger partial charge in [0.05, 0.1) is 0 Å². The third kappa shape index (κ3) is 3.43. The van der Waals surface area contributed by atoms with Crippen LogP contribution in [0.2, 0.25) is 0 Å². The van der Waals surface area contributed by atoms with Crippen molar-refractivity contribution in [2.75, 3.05) is 6.54 Å². The van der Waals surface area contributed by atoms with Crippen LogP contribution in [0.25, 0.3) is 0 Å². The maximum Gasteiger partial charge on any atom is 0.245 e. The monoisotopic (exact) mass is 292 g/mol. The third-order valence-corrected chi connectivity index (χ3v) is 3.98. The number of nitrogens with zero attached hydrogens (tertiary/aromatic N) is 3. The average molecular weight is 292 g/mol. The van der Waals surface area contributed by atoms with Gasteiger partial charge in [-0.05, 0) is 25.3 Å². The molecule has 1 aliphatic rings. The lowest BCUT2D eigenvalue weighted by atomic mass is 9.98. The van der Waals surface area contributed by atoms with Gasteiger partial charge in [0.1, 0.15) is 12.1 Å². The van der Waals surface area contributed by atoms with Gasteiger partial charge in [0.25, 0.3) is 0 Å². The number of piperazine rings is 1. The summed E-state index contributed by atoms with van der Waals surface area (Å²) in [4.78, 5) is 26.3. The summed E-state index contributed by atoms with van der Waals surface area (Å²) in [7, 11) is 1.88. The summed E-state index contributed by atoms with van der Waals surface area (Å²) in [6.45, 7) is 6.43. The van der Waals surface area contributed by atoms with Crippen LogP contribution in [-0.2, 0) is 23.1 Å². The van der Waals surface area contributed by atoms with Crippen molar-refractivity contribution >= 4 is 11.8 Å². The summed E-state index contributed by atoms with van der Waals surface area (Å²) >= 11 is 0. The molecule has 0 spiro atoms. The number of rotatable bonds is 5. The Hall–Kier alpha value is -1.85.